The Morgan fingerprint density at radius 2 is 1.85 bits per heavy atom. The standard InChI is InChI=1S/C19H26N6O/c26-18(21-12-14-4-2-1-3-5-14)13-20-16-8-6-15(7-9-16)19-22-23-24-25(19)17-10-11-17/h6-9,14,17,20H,1-5,10-13H2,(H,21,26). The number of amides is 1. The van der Waals surface area contributed by atoms with Crippen LogP contribution < -0.4 is 10.6 Å². The lowest BCUT2D eigenvalue weighted by Crippen LogP contribution is -2.34. The van der Waals surface area contributed by atoms with Gasteiger partial charge in [0.2, 0.25) is 5.91 Å². The number of hydrogen-bond acceptors (Lipinski definition) is 5. The maximum atomic E-state index is 12.0. The highest BCUT2D eigenvalue weighted by molar-refractivity contribution is 5.80. The summed E-state index contributed by atoms with van der Waals surface area (Å²) in [5, 5.41) is 18.3. The van der Waals surface area contributed by atoms with Crippen LogP contribution >= 0.6 is 0 Å². The Hall–Kier alpha value is -2.44. The molecular formula is C19H26N6O. The molecule has 26 heavy (non-hydrogen) atoms. The Bertz CT molecular complexity index is 731. The lowest BCUT2D eigenvalue weighted by Gasteiger charge is -2.21. The molecule has 1 heterocycles. The third-order valence-corrected chi connectivity index (χ3v) is 5.29. The maximum absolute atomic E-state index is 12.0. The van der Waals surface area contributed by atoms with Gasteiger partial charge in [-0.25, -0.2) is 4.68 Å². The summed E-state index contributed by atoms with van der Waals surface area (Å²) >= 11 is 0. The first-order valence-electron chi connectivity index (χ1n) is 9.68. The smallest absolute Gasteiger partial charge is 0.239 e. The molecule has 0 radical (unpaired) electrons. The summed E-state index contributed by atoms with van der Waals surface area (Å²) in [5.74, 6) is 1.52. The van der Waals surface area contributed by atoms with Crippen molar-refractivity contribution in [2.45, 2.75) is 51.0 Å². The maximum Gasteiger partial charge on any atom is 0.239 e. The van der Waals surface area contributed by atoms with Crippen LogP contribution in [0.1, 0.15) is 51.0 Å². The topological polar surface area (TPSA) is 84.7 Å². The third kappa shape index (κ3) is 4.20. The summed E-state index contributed by atoms with van der Waals surface area (Å²) in [6, 6.07) is 8.37. The van der Waals surface area contributed by atoms with Gasteiger partial charge in [0.1, 0.15) is 0 Å². The lowest BCUT2D eigenvalue weighted by molar-refractivity contribution is -0.119. The molecule has 0 unspecified atom stereocenters. The Morgan fingerprint density at radius 1 is 1.08 bits per heavy atom. The van der Waals surface area contributed by atoms with E-state index in [-0.39, 0.29) is 5.91 Å². The minimum atomic E-state index is 0.0531. The molecule has 0 aliphatic heterocycles. The van der Waals surface area contributed by atoms with E-state index in [9.17, 15) is 4.79 Å². The molecule has 1 aromatic heterocycles. The van der Waals surface area contributed by atoms with Crippen LogP contribution in [0.25, 0.3) is 11.4 Å². The molecule has 7 heteroatoms. The van der Waals surface area contributed by atoms with E-state index >= 15 is 0 Å². The number of carbonyl (C=O) groups excluding carboxylic acids is 1. The molecule has 7 nitrogen and oxygen atoms in total. The van der Waals surface area contributed by atoms with Gasteiger partial charge in [-0.2, -0.15) is 0 Å². The van der Waals surface area contributed by atoms with Crippen molar-refractivity contribution >= 4 is 11.6 Å². The molecular weight excluding hydrogens is 328 g/mol. The average Bonchev–Trinajstić information content (AvgIpc) is 3.42. The van der Waals surface area contributed by atoms with Gasteiger partial charge in [0.25, 0.3) is 0 Å². The molecule has 0 saturated heterocycles. The molecule has 4 rings (SSSR count). The third-order valence-electron chi connectivity index (χ3n) is 5.29. The van der Waals surface area contributed by atoms with Crippen LogP contribution in [0.15, 0.2) is 24.3 Å². The SMILES string of the molecule is O=C(CNc1ccc(-c2nnnn2C2CC2)cc1)NCC1CCCCC1. The number of rotatable bonds is 7. The van der Waals surface area contributed by atoms with Crippen molar-refractivity contribution < 1.29 is 4.79 Å². The largest absolute Gasteiger partial charge is 0.376 e. The van der Waals surface area contributed by atoms with Gasteiger partial charge in [-0.05, 0) is 66.3 Å². The number of aromatic nitrogens is 4. The van der Waals surface area contributed by atoms with E-state index in [0.29, 0.717) is 18.5 Å². The fourth-order valence-electron chi connectivity index (χ4n) is 3.58. The lowest BCUT2D eigenvalue weighted by atomic mass is 9.89. The number of tetrazole rings is 1. The number of anilines is 1. The summed E-state index contributed by atoms with van der Waals surface area (Å²) < 4.78 is 1.90. The fourth-order valence-corrected chi connectivity index (χ4v) is 3.58. The van der Waals surface area contributed by atoms with E-state index in [1.165, 1.54) is 32.1 Å². The summed E-state index contributed by atoms with van der Waals surface area (Å²) in [5.41, 5.74) is 1.92. The van der Waals surface area contributed by atoms with Gasteiger partial charge in [0.05, 0.1) is 12.6 Å². The van der Waals surface area contributed by atoms with E-state index in [2.05, 4.69) is 26.2 Å². The zero-order valence-electron chi connectivity index (χ0n) is 15.0. The molecule has 2 aromatic rings. The molecule has 1 aromatic carbocycles. The second kappa shape index (κ2) is 7.85. The highest BCUT2D eigenvalue weighted by atomic mass is 16.1. The van der Waals surface area contributed by atoms with Crippen LogP contribution in [0.5, 0.6) is 0 Å². The highest BCUT2D eigenvalue weighted by Crippen LogP contribution is 2.36. The van der Waals surface area contributed by atoms with Crippen LogP contribution in [0.2, 0.25) is 0 Å². The van der Waals surface area contributed by atoms with Crippen molar-refractivity contribution in [3.8, 4) is 11.4 Å². The van der Waals surface area contributed by atoms with E-state index in [4.69, 9.17) is 0 Å². The quantitative estimate of drug-likeness (QED) is 0.799. The predicted octanol–water partition coefficient (Wildman–Crippen LogP) is 2.78. The van der Waals surface area contributed by atoms with Crippen molar-refractivity contribution in [2.24, 2.45) is 5.92 Å². The van der Waals surface area contributed by atoms with Crippen molar-refractivity contribution in [2.75, 3.05) is 18.4 Å². The normalized spacial score (nSPS) is 17.8. The minimum absolute atomic E-state index is 0.0531. The van der Waals surface area contributed by atoms with Crippen molar-refractivity contribution in [3.63, 3.8) is 0 Å². The van der Waals surface area contributed by atoms with E-state index in [1.54, 1.807) is 0 Å². The first-order valence-corrected chi connectivity index (χ1v) is 9.68. The van der Waals surface area contributed by atoms with Crippen LogP contribution in [-0.2, 0) is 4.79 Å². The highest BCUT2D eigenvalue weighted by Gasteiger charge is 2.28. The number of nitrogens with one attached hydrogen (secondary N) is 2. The molecule has 138 valence electrons. The second-order valence-corrected chi connectivity index (χ2v) is 7.42. The summed E-state index contributed by atoms with van der Waals surface area (Å²) in [6.45, 7) is 1.11. The predicted molar refractivity (Wildman–Crippen MR) is 99.6 cm³/mol. The zero-order valence-corrected chi connectivity index (χ0v) is 15.0. The van der Waals surface area contributed by atoms with Crippen LogP contribution in [0, 0.1) is 5.92 Å². The second-order valence-electron chi connectivity index (χ2n) is 7.42. The molecule has 2 N–H and O–H groups in total. The number of nitrogens with zero attached hydrogens (tertiary/aromatic N) is 4. The van der Waals surface area contributed by atoms with Crippen LogP contribution in [-0.4, -0.2) is 39.2 Å². The molecule has 2 aliphatic carbocycles. The van der Waals surface area contributed by atoms with E-state index in [0.717, 1.165) is 36.5 Å². The zero-order chi connectivity index (χ0) is 17.8. The summed E-state index contributed by atoms with van der Waals surface area (Å²) in [6.07, 6.45) is 8.73. The van der Waals surface area contributed by atoms with Crippen molar-refractivity contribution in [1.29, 1.82) is 0 Å². The summed E-state index contributed by atoms with van der Waals surface area (Å²) in [4.78, 5) is 12.0. The number of hydrogen-bond donors (Lipinski definition) is 2. The van der Waals surface area contributed by atoms with Gasteiger partial charge in [-0.15, -0.1) is 5.10 Å². The Morgan fingerprint density at radius 3 is 2.58 bits per heavy atom. The molecule has 1 amide bonds. The van der Waals surface area contributed by atoms with E-state index < -0.39 is 0 Å². The van der Waals surface area contributed by atoms with Gasteiger partial charge >= 0.3 is 0 Å². The Balaban J connectivity index is 1.26. The number of benzene rings is 1. The molecule has 2 fully saturated rings. The van der Waals surface area contributed by atoms with Crippen molar-refractivity contribution in [1.82, 2.24) is 25.5 Å². The average molecular weight is 354 g/mol. The number of carbonyl (C=O) groups is 1. The molecule has 0 spiro atoms. The van der Waals surface area contributed by atoms with Crippen molar-refractivity contribution in [3.05, 3.63) is 24.3 Å². The van der Waals surface area contributed by atoms with Gasteiger partial charge in [0, 0.05) is 17.8 Å². The van der Waals surface area contributed by atoms with Crippen LogP contribution in [0.3, 0.4) is 0 Å². The molecule has 2 saturated carbocycles. The Kier molecular flexibility index (Phi) is 5.13. The molecule has 0 atom stereocenters. The van der Waals surface area contributed by atoms with E-state index in [1.807, 2.05) is 28.9 Å². The van der Waals surface area contributed by atoms with Gasteiger partial charge in [-0.3, -0.25) is 4.79 Å². The first kappa shape index (κ1) is 17.0. The molecule has 0 bridgehead atoms. The fraction of sp³-hybridized carbons (Fsp3) is 0.579. The van der Waals surface area contributed by atoms with Gasteiger partial charge < -0.3 is 10.6 Å². The summed E-state index contributed by atoms with van der Waals surface area (Å²) in [7, 11) is 0. The Labute approximate surface area is 153 Å². The van der Waals surface area contributed by atoms with Crippen LogP contribution in [0.4, 0.5) is 5.69 Å². The minimum Gasteiger partial charge on any atom is -0.376 e. The monoisotopic (exact) mass is 354 g/mol. The van der Waals surface area contributed by atoms with Gasteiger partial charge in [0.15, 0.2) is 5.82 Å². The molecule has 2 aliphatic rings. The first-order chi connectivity index (χ1) is 12.8. The van der Waals surface area contributed by atoms with Gasteiger partial charge in [-0.1, -0.05) is 19.3 Å².